The fourth-order valence-corrected chi connectivity index (χ4v) is 13.0. The van der Waals surface area contributed by atoms with E-state index < -0.39 is 97.5 Å². The standard InChI is InChI=1S/C85H152O17P2/c1-5-9-13-17-21-25-29-33-35-37-39-41-43-47-50-54-58-62-66-70-83(88)96-76-81(102-85(90)72-68-64-60-56-52-48-44-42-40-38-36-34-30-26-22-18-14-10-6-2)78-100-104(93,94)98-74-79(86)73-97-103(91,92)99-77-80(101-84(89)71-67-63-59-55-51-46-32-28-24-20-16-12-8-4)75-95-82(87)69-65-61-57-53-49-45-31-27-23-19-15-11-7-3/h21-22,25-27,31,33-36,39-42,79-81,86H,5-20,23-24,28-30,32,37-38,43-78H2,1-4H3,(H,91,92)(H,93,94)/b25-21-,26-22-,31-27-,35-33-,36-34-,41-39-,42-40-. The van der Waals surface area contributed by atoms with Crippen molar-refractivity contribution >= 4 is 39.5 Å². The molecule has 5 atom stereocenters. The van der Waals surface area contributed by atoms with Gasteiger partial charge in [-0.15, -0.1) is 0 Å². The van der Waals surface area contributed by atoms with Crippen LogP contribution in [-0.4, -0.2) is 96.7 Å². The Bertz CT molecular complexity index is 2300. The number of carbonyl (C=O) groups excluding carboxylic acids is 4. The van der Waals surface area contributed by atoms with Crippen LogP contribution in [0.4, 0.5) is 0 Å². The Labute approximate surface area is 634 Å². The lowest BCUT2D eigenvalue weighted by molar-refractivity contribution is -0.161. The lowest BCUT2D eigenvalue weighted by atomic mass is 10.0. The molecular formula is C85H152O17P2. The highest BCUT2D eigenvalue weighted by molar-refractivity contribution is 7.47. The van der Waals surface area contributed by atoms with E-state index in [1.165, 1.54) is 116 Å². The Balaban J connectivity index is 5.36. The monoisotopic (exact) mass is 1510 g/mol. The predicted molar refractivity (Wildman–Crippen MR) is 427 cm³/mol. The lowest BCUT2D eigenvalue weighted by Crippen LogP contribution is -2.30. The van der Waals surface area contributed by atoms with Crippen molar-refractivity contribution in [1.82, 2.24) is 0 Å². The molecule has 0 bridgehead atoms. The van der Waals surface area contributed by atoms with Crippen molar-refractivity contribution in [2.24, 2.45) is 0 Å². The van der Waals surface area contributed by atoms with Gasteiger partial charge < -0.3 is 33.8 Å². The molecule has 0 aromatic carbocycles. The minimum Gasteiger partial charge on any atom is -0.462 e. The number of carbonyl (C=O) groups is 4. The van der Waals surface area contributed by atoms with E-state index in [-0.39, 0.29) is 25.7 Å². The van der Waals surface area contributed by atoms with E-state index in [9.17, 15) is 43.2 Å². The van der Waals surface area contributed by atoms with Crippen LogP contribution in [0.15, 0.2) is 85.1 Å². The number of unbranched alkanes of at least 4 members (excludes halogenated alkanes) is 39. The van der Waals surface area contributed by atoms with Gasteiger partial charge in [-0.25, -0.2) is 9.13 Å². The topological polar surface area (TPSA) is 237 Å². The average Bonchev–Trinajstić information content (AvgIpc) is 0.906. The van der Waals surface area contributed by atoms with Gasteiger partial charge in [0.15, 0.2) is 12.2 Å². The maximum absolute atomic E-state index is 13.1. The third-order valence-corrected chi connectivity index (χ3v) is 19.7. The molecule has 19 heteroatoms. The Hall–Kier alpha value is -3.76. The third-order valence-electron chi connectivity index (χ3n) is 17.8. The van der Waals surface area contributed by atoms with E-state index in [1.54, 1.807) is 0 Å². The highest BCUT2D eigenvalue weighted by Gasteiger charge is 2.30. The van der Waals surface area contributed by atoms with Gasteiger partial charge in [0.25, 0.3) is 0 Å². The number of phosphoric acid groups is 2. The maximum atomic E-state index is 13.1. The number of aliphatic hydroxyl groups is 1. The summed E-state index contributed by atoms with van der Waals surface area (Å²) in [5.41, 5.74) is 0. The highest BCUT2D eigenvalue weighted by atomic mass is 31.2. The van der Waals surface area contributed by atoms with Crippen LogP contribution >= 0.6 is 15.6 Å². The van der Waals surface area contributed by atoms with Gasteiger partial charge in [-0.2, -0.15) is 0 Å². The second-order valence-corrected chi connectivity index (χ2v) is 31.0. The van der Waals surface area contributed by atoms with Crippen molar-refractivity contribution in [2.75, 3.05) is 39.6 Å². The molecule has 0 aromatic heterocycles. The lowest BCUT2D eigenvalue weighted by Gasteiger charge is -2.21. The molecule has 0 heterocycles. The minimum absolute atomic E-state index is 0.0786. The molecule has 0 fully saturated rings. The first-order valence-corrected chi connectivity index (χ1v) is 44.8. The van der Waals surface area contributed by atoms with Crippen LogP contribution in [0.25, 0.3) is 0 Å². The fraction of sp³-hybridized carbons (Fsp3) is 0.788. The zero-order valence-electron chi connectivity index (χ0n) is 66.2. The maximum Gasteiger partial charge on any atom is 0.472 e. The first kappa shape index (κ1) is 100. The first-order valence-electron chi connectivity index (χ1n) is 41.8. The van der Waals surface area contributed by atoms with Crippen LogP contribution in [0.2, 0.25) is 0 Å². The Morgan fingerprint density at radius 3 is 0.760 bits per heavy atom. The Morgan fingerprint density at radius 1 is 0.269 bits per heavy atom. The van der Waals surface area contributed by atoms with Gasteiger partial charge in [-0.05, 0) is 128 Å². The summed E-state index contributed by atoms with van der Waals surface area (Å²) in [6.07, 6.45) is 81.1. The molecule has 3 N–H and O–H groups in total. The molecule has 0 aliphatic rings. The normalized spacial score (nSPS) is 14.3. The second-order valence-electron chi connectivity index (χ2n) is 28.1. The quantitative estimate of drug-likeness (QED) is 0.0169. The van der Waals surface area contributed by atoms with Crippen LogP contribution < -0.4 is 0 Å². The molecular weight excluding hydrogens is 1350 g/mol. The summed E-state index contributed by atoms with van der Waals surface area (Å²) in [6.45, 7) is 4.83. The summed E-state index contributed by atoms with van der Waals surface area (Å²) in [5.74, 6) is -2.18. The van der Waals surface area contributed by atoms with Gasteiger partial charge in [0.1, 0.15) is 19.3 Å². The summed E-state index contributed by atoms with van der Waals surface area (Å²) < 4.78 is 68.7. The van der Waals surface area contributed by atoms with Crippen LogP contribution in [-0.2, 0) is 65.4 Å². The van der Waals surface area contributed by atoms with E-state index >= 15 is 0 Å². The van der Waals surface area contributed by atoms with E-state index in [1.807, 2.05) is 0 Å². The number of esters is 4. The number of rotatable bonds is 79. The number of allylic oxidation sites excluding steroid dienone is 14. The van der Waals surface area contributed by atoms with Crippen LogP contribution in [0.1, 0.15) is 374 Å². The fourth-order valence-electron chi connectivity index (χ4n) is 11.4. The van der Waals surface area contributed by atoms with Crippen LogP contribution in [0.3, 0.4) is 0 Å². The van der Waals surface area contributed by atoms with Gasteiger partial charge in [0.2, 0.25) is 0 Å². The molecule has 604 valence electrons. The molecule has 104 heavy (non-hydrogen) atoms. The third kappa shape index (κ3) is 76.4. The summed E-state index contributed by atoms with van der Waals surface area (Å²) in [4.78, 5) is 73.1. The molecule has 0 saturated carbocycles. The van der Waals surface area contributed by atoms with E-state index in [4.69, 9.17) is 37.0 Å². The molecule has 0 rings (SSSR count). The molecule has 5 unspecified atom stereocenters. The molecule has 0 radical (unpaired) electrons. The van der Waals surface area contributed by atoms with Gasteiger partial charge >= 0.3 is 39.5 Å². The summed E-state index contributed by atoms with van der Waals surface area (Å²) in [7, 11) is -9.96. The minimum atomic E-state index is -4.98. The van der Waals surface area contributed by atoms with E-state index in [0.717, 1.165) is 180 Å². The van der Waals surface area contributed by atoms with E-state index in [0.29, 0.717) is 25.7 Å². The SMILES string of the molecule is CCCCC/C=C\C/C=C\C/C=C\CCCCCCCCC(=O)OCC(COP(=O)(O)OCC(O)COP(=O)(O)OCC(COC(=O)CCCCCCC/C=C\CCCCCC)OC(=O)CCCCCCCCCCCCCCC)OC(=O)CCCCCCCC/C=C\C/C=C\C/C=C\CCCCC. The number of phosphoric ester groups is 2. The summed E-state index contributed by atoms with van der Waals surface area (Å²) >= 11 is 0. The van der Waals surface area contributed by atoms with Crippen molar-refractivity contribution in [3.63, 3.8) is 0 Å². The van der Waals surface area contributed by atoms with Crippen molar-refractivity contribution in [3.8, 4) is 0 Å². The summed E-state index contributed by atoms with van der Waals surface area (Å²) in [6, 6.07) is 0. The van der Waals surface area contributed by atoms with Gasteiger partial charge in [0.05, 0.1) is 26.4 Å². The van der Waals surface area contributed by atoms with Crippen LogP contribution in [0.5, 0.6) is 0 Å². The van der Waals surface area contributed by atoms with Crippen molar-refractivity contribution in [2.45, 2.75) is 393 Å². The molecule has 17 nitrogen and oxygen atoms in total. The van der Waals surface area contributed by atoms with E-state index in [2.05, 4.69) is 113 Å². The molecule has 0 aromatic rings. The molecule has 0 amide bonds. The Morgan fingerprint density at radius 2 is 0.471 bits per heavy atom. The van der Waals surface area contributed by atoms with Gasteiger partial charge in [-0.3, -0.25) is 37.3 Å². The highest BCUT2D eigenvalue weighted by Crippen LogP contribution is 2.45. The zero-order valence-corrected chi connectivity index (χ0v) is 68.0. The molecule has 0 saturated heterocycles. The smallest absolute Gasteiger partial charge is 0.462 e. The van der Waals surface area contributed by atoms with Crippen molar-refractivity contribution in [3.05, 3.63) is 85.1 Å². The number of hydrogen-bond donors (Lipinski definition) is 3. The largest absolute Gasteiger partial charge is 0.472 e. The number of aliphatic hydroxyl groups excluding tert-OH is 1. The van der Waals surface area contributed by atoms with Gasteiger partial charge in [0, 0.05) is 25.7 Å². The second kappa shape index (κ2) is 77.4. The van der Waals surface area contributed by atoms with Crippen LogP contribution in [0, 0.1) is 0 Å². The summed E-state index contributed by atoms with van der Waals surface area (Å²) in [5, 5.41) is 10.7. The zero-order chi connectivity index (χ0) is 76.0. The first-order chi connectivity index (χ1) is 50.7. The molecule has 0 aliphatic carbocycles. The van der Waals surface area contributed by atoms with Gasteiger partial charge in [-0.1, -0.05) is 305 Å². The van der Waals surface area contributed by atoms with Crippen molar-refractivity contribution < 1.29 is 80.2 Å². The predicted octanol–water partition coefficient (Wildman–Crippen LogP) is 24.6. The number of hydrogen-bond acceptors (Lipinski definition) is 15. The molecule has 0 spiro atoms. The number of ether oxygens (including phenoxy) is 4. The average molecular weight is 1510 g/mol. The Kier molecular flexibility index (Phi) is 74.6. The molecule has 0 aliphatic heterocycles. The van der Waals surface area contributed by atoms with Crippen molar-refractivity contribution in [1.29, 1.82) is 0 Å².